The summed E-state index contributed by atoms with van der Waals surface area (Å²) in [6.07, 6.45) is -5.16. The maximum absolute atomic E-state index is 13.8. The molecular weight excluding hydrogens is 503 g/mol. The van der Waals surface area contributed by atoms with Crippen LogP contribution in [-0.4, -0.2) is 50.1 Å². The van der Waals surface area contributed by atoms with Crippen molar-refractivity contribution in [1.82, 2.24) is 20.0 Å². The first-order valence-corrected chi connectivity index (χ1v) is 13.1. The van der Waals surface area contributed by atoms with Crippen LogP contribution < -0.4 is 10.0 Å². The molecule has 1 aliphatic carbocycles. The highest BCUT2D eigenvalue weighted by Crippen LogP contribution is 2.42. The number of fused-ring (bicyclic) bond motifs is 1. The predicted molar refractivity (Wildman–Crippen MR) is 129 cm³/mol. The smallest absolute Gasteiger partial charge is 0.258 e. The number of alkyl halides is 5. The van der Waals surface area contributed by atoms with Crippen molar-refractivity contribution >= 4 is 28.3 Å². The largest absolute Gasteiger partial charge is 0.598 e. The molecule has 6 nitrogen and oxygen atoms in total. The maximum atomic E-state index is 13.8. The first kappa shape index (κ1) is 28.6. The minimum Gasteiger partial charge on any atom is -0.598 e. The fourth-order valence-corrected chi connectivity index (χ4v) is 5.03. The average molecular weight is 537 g/mol. The number of rotatable bonds is 9. The fraction of sp³-hybridized carbons (Fsp3) is 0.667. The van der Waals surface area contributed by atoms with Crippen LogP contribution in [0, 0.1) is 5.92 Å². The highest BCUT2D eigenvalue weighted by Gasteiger charge is 2.41. The molecular formula is C24H33F5N4O2S. The molecule has 202 valence electrons. The van der Waals surface area contributed by atoms with E-state index in [1.807, 2.05) is 20.8 Å². The van der Waals surface area contributed by atoms with E-state index in [2.05, 4.69) is 20.0 Å². The van der Waals surface area contributed by atoms with Crippen LogP contribution in [0.15, 0.2) is 18.2 Å². The standard InChI is InChI=1S/C24H33F5N4O2S/c1-13(30-22(34)19(27)16(26)12-25)15-5-6-17-18(11-15)32-21(31-17)20(33-36(35)23(2,3)4)14-7-9-24(28,29)10-8-14/h5-6,11,13-14,16,19-20,33H,7-10,12H2,1-4H3,(H,30,34)(H,31,32)/t13-,16?,19?,20-,36+/m0/s1. The molecule has 2 unspecified atom stereocenters. The van der Waals surface area contributed by atoms with E-state index < -0.39 is 59.0 Å². The SMILES string of the molecule is C[C@H](NC(=O)C(F)C(F)CF)c1ccc2[nH]c([C@@H](N[S@+]([O-])C(C)(C)C)C3CCC(F)(F)CC3)nc2c1. The van der Waals surface area contributed by atoms with E-state index in [9.17, 15) is 31.3 Å². The van der Waals surface area contributed by atoms with E-state index in [-0.39, 0.29) is 31.6 Å². The summed E-state index contributed by atoms with van der Waals surface area (Å²) >= 11 is -1.48. The first-order chi connectivity index (χ1) is 16.7. The molecule has 0 spiro atoms. The summed E-state index contributed by atoms with van der Waals surface area (Å²) in [7, 11) is 0. The zero-order valence-electron chi connectivity index (χ0n) is 20.7. The molecule has 2 aromatic rings. The Hall–Kier alpha value is -1.92. The second-order valence-corrected chi connectivity index (χ2v) is 12.4. The van der Waals surface area contributed by atoms with Crippen LogP contribution in [0.3, 0.4) is 0 Å². The van der Waals surface area contributed by atoms with Gasteiger partial charge in [0.25, 0.3) is 5.91 Å². The molecule has 1 saturated carbocycles. The summed E-state index contributed by atoms with van der Waals surface area (Å²) in [4.78, 5) is 19.7. The Morgan fingerprint density at radius 3 is 2.50 bits per heavy atom. The average Bonchev–Trinajstić information content (AvgIpc) is 3.24. The Labute approximate surface area is 210 Å². The number of amides is 1. The van der Waals surface area contributed by atoms with Gasteiger partial charge in [-0.25, -0.2) is 26.9 Å². The van der Waals surface area contributed by atoms with Crippen molar-refractivity contribution in [2.24, 2.45) is 5.92 Å². The van der Waals surface area contributed by atoms with Crippen LogP contribution in [0.5, 0.6) is 0 Å². The second-order valence-electron chi connectivity index (χ2n) is 10.4. The normalized spacial score (nSPS) is 21.1. The summed E-state index contributed by atoms with van der Waals surface area (Å²) in [6.45, 7) is 5.40. The van der Waals surface area contributed by atoms with Crippen molar-refractivity contribution in [3.8, 4) is 0 Å². The lowest BCUT2D eigenvalue weighted by Gasteiger charge is -2.35. The van der Waals surface area contributed by atoms with Crippen molar-refractivity contribution in [1.29, 1.82) is 0 Å². The van der Waals surface area contributed by atoms with Gasteiger partial charge < -0.3 is 14.9 Å². The Morgan fingerprint density at radius 2 is 1.92 bits per heavy atom. The number of aromatic amines is 1. The molecule has 0 aliphatic heterocycles. The van der Waals surface area contributed by atoms with Crippen molar-refractivity contribution < 1.29 is 31.3 Å². The maximum Gasteiger partial charge on any atom is 0.258 e. The van der Waals surface area contributed by atoms with Crippen LogP contribution in [0.2, 0.25) is 0 Å². The molecule has 5 atom stereocenters. The fourth-order valence-electron chi connectivity index (χ4n) is 4.14. The lowest BCUT2D eigenvalue weighted by atomic mass is 9.82. The Bertz CT molecular complexity index is 1040. The number of benzene rings is 1. The number of halogens is 5. The monoisotopic (exact) mass is 536 g/mol. The number of aromatic nitrogens is 2. The van der Waals surface area contributed by atoms with Gasteiger partial charge in [-0.2, -0.15) is 0 Å². The number of imidazole rings is 1. The van der Waals surface area contributed by atoms with Gasteiger partial charge in [-0.15, -0.1) is 4.72 Å². The third kappa shape index (κ3) is 6.89. The van der Waals surface area contributed by atoms with Gasteiger partial charge in [-0.1, -0.05) is 6.07 Å². The summed E-state index contributed by atoms with van der Waals surface area (Å²) in [6, 6.07) is 3.76. The zero-order valence-corrected chi connectivity index (χ0v) is 21.5. The molecule has 1 fully saturated rings. The number of H-pyrrole nitrogens is 1. The summed E-state index contributed by atoms with van der Waals surface area (Å²) < 4.78 is 82.2. The molecule has 1 aromatic heterocycles. The van der Waals surface area contributed by atoms with Gasteiger partial charge in [0.1, 0.15) is 23.3 Å². The van der Waals surface area contributed by atoms with Gasteiger partial charge in [0.05, 0.1) is 17.1 Å². The van der Waals surface area contributed by atoms with E-state index in [0.717, 1.165) is 0 Å². The van der Waals surface area contributed by atoms with E-state index in [0.29, 0.717) is 22.4 Å². The van der Waals surface area contributed by atoms with Crippen molar-refractivity contribution in [2.45, 2.75) is 88.5 Å². The molecule has 1 aromatic carbocycles. The van der Waals surface area contributed by atoms with Gasteiger partial charge in [-0.05, 0) is 64.2 Å². The third-order valence-corrected chi connectivity index (χ3v) is 8.00. The Balaban J connectivity index is 1.84. The van der Waals surface area contributed by atoms with Crippen LogP contribution in [0.25, 0.3) is 11.0 Å². The molecule has 0 radical (unpaired) electrons. The molecule has 12 heteroatoms. The minimum atomic E-state index is -2.71. The van der Waals surface area contributed by atoms with Gasteiger partial charge >= 0.3 is 0 Å². The third-order valence-electron chi connectivity index (χ3n) is 6.42. The van der Waals surface area contributed by atoms with E-state index in [4.69, 9.17) is 0 Å². The summed E-state index contributed by atoms with van der Waals surface area (Å²) in [5.74, 6) is -3.71. The zero-order chi connectivity index (χ0) is 26.8. The number of hydrogen-bond acceptors (Lipinski definition) is 4. The lowest BCUT2D eigenvalue weighted by Crippen LogP contribution is -2.44. The van der Waals surface area contributed by atoms with Gasteiger partial charge in [-0.3, -0.25) is 4.79 Å². The second kappa shape index (κ2) is 11.2. The first-order valence-electron chi connectivity index (χ1n) is 11.9. The molecule has 0 saturated heterocycles. The van der Waals surface area contributed by atoms with E-state index in [1.165, 1.54) is 0 Å². The summed E-state index contributed by atoms with van der Waals surface area (Å²) in [5, 5.41) is 2.33. The predicted octanol–water partition coefficient (Wildman–Crippen LogP) is 5.30. The number of carbonyl (C=O) groups excluding carboxylic acids is 1. The number of nitrogens with one attached hydrogen (secondary N) is 3. The van der Waals surface area contributed by atoms with Crippen LogP contribution in [0.1, 0.15) is 76.8 Å². The van der Waals surface area contributed by atoms with Gasteiger partial charge in [0.2, 0.25) is 12.1 Å². The van der Waals surface area contributed by atoms with Crippen LogP contribution >= 0.6 is 0 Å². The Kier molecular flexibility index (Phi) is 8.93. The molecule has 1 heterocycles. The minimum absolute atomic E-state index is 0.209. The lowest BCUT2D eigenvalue weighted by molar-refractivity contribution is -0.129. The van der Waals surface area contributed by atoms with Crippen LogP contribution in [-0.2, 0) is 16.2 Å². The quantitative estimate of drug-likeness (QED) is 0.299. The highest BCUT2D eigenvalue weighted by atomic mass is 32.2. The summed E-state index contributed by atoms with van der Waals surface area (Å²) in [5.41, 5.74) is 1.69. The number of nitrogens with zero attached hydrogens (tertiary/aromatic N) is 1. The molecule has 3 N–H and O–H groups in total. The molecule has 1 amide bonds. The Morgan fingerprint density at radius 1 is 1.28 bits per heavy atom. The molecule has 36 heavy (non-hydrogen) atoms. The highest BCUT2D eigenvalue weighted by molar-refractivity contribution is 7.90. The molecule has 1 aliphatic rings. The van der Waals surface area contributed by atoms with E-state index in [1.54, 1.807) is 25.1 Å². The van der Waals surface area contributed by atoms with Gasteiger partial charge in [0, 0.05) is 24.2 Å². The van der Waals surface area contributed by atoms with Crippen molar-refractivity contribution in [3.05, 3.63) is 29.6 Å². The number of hydrogen-bond donors (Lipinski definition) is 3. The molecule has 3 rings (SSSR count). The van der Waals surface area contributed by atoms with Crippen molar-refractivity contribution in [2.75, 3.05) is 6.67 Å². The van der Waals surface area contributed by atoms with E-state index >= 15 is 0 Å². The van der Waals surface area contributed by atoms with Crippen LogP contribution in [0.4, 0.5) is 22.0 Å². The number of carbonyl (C=O) groups is 1. The van der Waals surface area contributed by atoms with Crippen molar-refractivity contribution in [3.63, 3.8) is 0 Å². The van der Waals surface area contributed by atoms with Gasteiger partial charge in [0.15, 0.2) is 6.17 Å². The molecule has 0 bridgehead atoms. The topological polar surface area (TPSA) is 92.9 Å².